The Morgan fingerprint density at radius 1 is 0.740 bits per heavy atom. The van der Waals surface area contributed by atoms with Gasteiger partial charge < -0.3 is 20.3 Å². The molecule has 7 rings (SSSR count). The highest BCUT2D eigenvalue weighted by atomic mass is 16.5. The Morgan fingerprint density at radius 2 is 1.40 bits per heavy atom. The molecule has 5 aromatic carbocycles. The fraction of sp³-hybridized carbons (Fsp3) is 0.227. The summed E-state index contributed by atoms with van der Waals surface area (Å²) in [6.07, 6.45) is 1.03. The molecule has 0 atom stereocenters. The zero-order valence-corrected chi connectivity index (χ0v) is 29.8. The number of hydrogen-bond donors (Lipinski definition) is 3. The first-order valence-corrected chi connectivity index (χ1v) is 17.2. The SMILES string of the molecule is CC.CC(C)(C)CC(C)(C)c1ccc(Oc2cc(Nc3ccccc3)c3c4c(nc(-c5ccc(O)cc5O)cc24)-c2ccccc2C3=O)cc1. The van der Waals surface area contributed by atoms with Crippen molar-refractivity contribution in [2.75, 3.05) is 5.32 Å². The van der Waals surface area contributed by atoms with E-state index in [9.17, 15) is 15.0 Å². The minimum absolute atomic E-state index is 0.0236. The number of phenols is 2. The molecule has 0 bridgehead atoms. The van der Waals surface area contributed by atoms with E-state index in [4.69, 9.17) is 9.72 Å². The van der Waals surface area contributed by atoms with E-state index in [0.717, 1.165) is 12.1 Å². The van der Waals surface area contributed by atoms with Crippen LogP contribution in [0, 0.1) is 5.41 Å². The molecule has 0 aliphatic heterocycles. The van der Waals surface area contributed by atoms with Gasteiger partial charge in [-0.3, -0.25) is 4.79 Å². The Kier molecular flexibility index (Phi) is 9.15. The van der Waals surface area contributed by atoms with Gasteiger partial charge in [0.05, 0.1) is 22.6 Å². The zero-order chi connectivity index (χ0) is 35.8. The summed E-state index contributed by atoms with van der Waals surface area (Å²) < 4.78 is 6.70. The van der Waals surface area contributed by atoms with Gasteiger partial charge in [0.25, 0.3) is 0 Å². The van der Waals surface area contributed by atoms with Crippen LogP contribution < -0.4 is 10.1 Å². The van der Waals surface area contributed by atoms with Gasteiger partial charge in [0.2, 0.25) is 0 Å². The van der Waals surface area contributed by atoms with E-state index in [-0.39, 0.29) is 28.1 Å². The molecule has 254 valence electrons. The van der Waals surface area contributed by atoms with Gasteiger partial charge in [0, 0.05) is 45.3 Å². The highest BCUT2D eigenvalue weighted by molar-refractivity contribution is 6.29. The van der Waals surface area contributed by atoms with Crippen LogP contribution in [0.1, 0.15) is 76.4 Å². The van der Waals surface area contributed by atoms with Crippen LogP contribution in [0.3, 0.4) is 0 Å². The van der Waals surface area contributed by atoms with E-state index in [1.165, 1.54) is 17.7 Å². The summed E-state index contributed by atoms with van der Waals surface area (Å²) in [4.78, 5) is 19.3. The zero-order valence-electron chi connectivity index (χ0n) is 29.8. The van der Waals surface area contributed by atoms with Gasteiger partial charge in [-0.1, -0.05) is 103 Å². The van der Waals surface area contributed by atoms with Crippen molar-refractivity contribution in [1.82, 2.24) is 4.98 Å². The quantitative estimate of drug-likeness (QED) is 0.157. The third-order valence-corrected chi connectivity index (χ3v) is 8.88. The lowest BCUT2D eigenvalue weighted by Crippen LogP contribution is -2.24. The van der Waals surface area contributed by atoms with Crippen molar-refractivity contribution in [1.29, 1.82) is 0 Å². The van der Waals surface area contributed by atoms with E-state index in [0.29, 0.717) is 61.6 Å². The number of ether oxygens (including phenoxy) is 1. The minimum atomic E-state index is -0.111. The van der Waals surface area contributed by atoms with Crippen LogP contribution >= 0.6 is 0 Å². The average molecular weight is 665 g/mol. The van der Waals surface area contributed by atoms with Crippen LogP contribution in [0.25, 0.3) is 33.3 Å². The molecule has 0 radical (unpaired) electrons. The molecule has 1 aromatic heterocycles. The average Bonchev–Trinajstić information content (AvgIpc) is 3.08. The molecular formula is C44H44N2O4. The van der Waals surface area contributed by atoms with Gasteiger partial charge in [-0.25, -0.2) is 4.98 Å². The number of aromatic nitrogens is 1. The Morgan fingerprint density at radius 3 is 2.06 bits per heavy atom. The number of benzene rings is 5. The highest BCUT2D eigenvalue weighted by Gasteiger charge is 2.32. The number of nitrogens with zero attached hydrogens (tertiary/aromatic N) is 1. The largest absolute Gasteiger partial charge is 0.508 e. The van der Waals surface area contributed by atoms with E-state index >= 15 is 0 Å². The van der Waals surface area contributed by atoms with Crippen LogP contribution in [0.15, 0.2) is 109 Å². The van der Waals surface area contributed by atoms with Crippen molar-refractivity contribution in [3.8, 4) is 45.5 Å². The number of nitrogens with one attached hydrogen (secondary N) is 1. The smallest absolute Gasteiger partial charge is 0.196 e. The minimum Gasteiger partial charge on any atom is -0.508 e. The molecule has 1 heterocycles. The van der Waals surface area contributed by atoms with Crippen LogP contribution in [0.5, 0.6) is 23.0 Å². The van der Waals surface area contributed by atoms with Crippen molar-refractivity contribution >= 4 is 27.9 Å². The highest BCUT2D eigenvalue weighted by Crippen LogP contribution is 2.48. The summed E-state index contributed by atoms with van der Waals surface area (Å²) in [6.45, 7) is 15.3. The summed E-state index contributed by atoms with van der Waals surface area (Å²) in [5.41, 5.74) is 6.11. The molecule has 0 amide bonds. The first kappa shape index (κ1) is 34.3. The second-order valence-electron chi connectivity index (χ2n) is 14.4. The topological polar surface area (TPSA) is 91.7 Å². The first-order chi connectivity index (χ1) is 23.9. The lowest BCUT2D eigenvalue weighted by atomic mass is 9.72. The summed E-state index contributed by atoms with van der Waals surface area (Å²) >= 11 is 0. The molecule has 50 heavy (non-hydrogen) atoms. The predicted octanol–water partition coefficient (Wildman–Crippen LogP) is 11.8. The molecule has 6 aromatic rings. The van der Waals surface area contributed by atoms with Crippen molar-refractivity contribution in [3.05, 3.63) is 126 Å². The number of carbonyl (C=O) groups excluding carboxylic acids is 1. The van der Waals surface area contributed by atoms with Crippen LogP contribution in [0.4, 0.5) is 11.4 Å². The predicted molar refractivity (Wildman–Crippen MR) is 204 cm³/mol. The standard InChI is InChI=1S/C42H38N2O4.C2H6/c1-41(2,3)24-42(4,5)25-15-18-28(19-16-25)48-36-23-34(43-26-11-7-6-8-12-26)38-37-32(36)22-33(31-20-17-27(45)21-35(31)46)44-39(37)29-13-9-10-14-30(29)40(38)47;1-2/h6-23,43,45-46H,24H2,1-5H3;1-2H3. The first-order valence-electron chi connectivity index (χ1n) is 17.2. The molecule has 0 spiro atoms. The molecule has 3 N–H and O–H groups in total. The number of para-hydroxylation sites is 1. The number of phenolic OH excluding ortho intramolecular Hbond substituents is 2. The fourth-order valence-electron chi connectivity index (χ4n) is 7.12. The van der Waals surface area contributed by atoms with Gasteiger partial charge >= 0.3 is 0 Å². The van der Waals surface area contributed by atoms with E-state index < -0.39 is 0 Å². The van der Waals surface area contributed by atoms with E-state index in [1.807, 2.05) is 92.7 Å². The number of ketones is 1. The van der Waals surface area contributed by atoms with Gasteiger partial charge in [0.15, 0.2) is 5.78 Å². The van der Waals surface area contributed by atoms with Crippen LogP contribution in [-0.2, 0) is 5.41 Å². The van der Waals surface area contributed by atoms with Crippen molar-refractivity contribution in [3.63, 3.8) is 0 Å². The van der Waals surface area contributed by atoms with Crippen LogP contribution in [0.2, 0.25) is 0 Å². The van der Waals surface area contributed by atoms with Gasteiger partial charge in [-0.15, -0.1) is 0 Å². The van der Waals surface area contributed by atoms with E-state index in [1.54, 1.807) is 6.07 Å². The Balaban J connectivity index is 0.00000212. The molecule has 6 heteroatoms. The van der Waals surface area contributed by atoms with Gasteiger partial charge in [-0.2, -0.15) is 0 Å². The monoisotopic (exact) mass is 664 g/mol. The summed E-state index contributed by atoms with van der Waals surface area (Å²) in [7, 11) is 0. The number of hydrogen-bond acceptors (Lipinski definition) is 6. The summed E-state index contributed by atoms with van der Waals surface area (Å²) in [5.74, 6) is 0.921. The molecule has 0 unspecified atom stereocenters. The molecule has 0 saturated heterocycles. The molecule has 1 aliphatic rings. The number of carbonyl (C=O) groups is 1. The summed E-state index contributed by atoms with van der Waals surface area (Å²) in [5, 5.41) is 25.7. The Hall–Kier alpha value is -5.62. The molecule has 6 nitrogen and oxygen atoms in total. The van der Waals surface area contributed by atoms with Crippen molar-refractivity contribution in [2.24, 2.45) is 5.41 Å². The lowest BCUT2D eigenvalue weighted by Gasteiger charge is -2.33. The maximum atomic E-state index is 14.3. The van der Waals surface area contributed by atoms with Gasteiger partial charge in [0.1, 0.15) is 23.0 Å². The lowest BCUT2D eigenvalue weighted by molar-refractivity contribution is 0.104. The second-order valence-corrected chi connectivity index (χ2v) is 14.4. The molecular weight excluding hydrogens is 620 g/mol. The van der Waals surface area contributed by atoms with E-state index in [2.05, 4.69) is 52.1 Å². The van der Waals surface area contributed by atoms with Crippen molar-refractivity contribution < 1.29 is 19.7 Å². The second kappa shape index (κ2) is 13.4. The Labute approximate surface area is 294 Å². The number of pyridine rings is 1. The number of anilines is 2. The molecule has 1 aliphatic carbocycles. The summed E-state index contributed by atoms with van der Waals surface area (Å²) in [6, 6.07) is 33.6. The normalized spacial score (nSPS) is 12.2. The number of fused-ring (bicyclic) bond motifs is 2. The maximum absolute atomic E-state index is 14.3. The third kappa shape index (κ3) is 6.66. The van der Waals surface area contributed by atoms with Crippen molar-refractivity contribution in [2.45, 2.75) is 60.3 Å². The maximum Gasteiger partial charge on any atom is 0.196 e. The molecule has 0 saturated carbocycles. The number of aromatic hydroxyl groups is 2. The fourth-order valence-corrected chi connectivity index (χ4v) is 7.12. The van der Waals surface area contributed by atoms with Crippen LogP contribution in [-0.4, -0.2) is 21.0 Å². The van der Waals surface area contributed by atoms with Gasteiger partial charge in [-0.05, 0) is 65.3 Å². The molecule has 0 fully saturated rings. The third-order valence-electron chi connectivity index (χ3n) is 8.88. The number of rotatable bonds is 7. The Bertz CT molecular complexity index is 2200.